The minimum atomic E-state index is -5.08. The third-order valence-electron chi connectivity index (χ3n) is 6.59. The molecule has 0 saturated carbocycles. The predicted octanol–water partition coefficient (Wildman–Crippen LogP) is 8.12. The van der Waals surface area contributed by atoms with Crippen molar-refractivity contribution < 1.29 is 45.8 Å². The molecule has 1 N–H and O–H groups in total. The Morgan fingerprint density at radius 3 is 2.10 bits per heavy atom. The van der Waals surface area contributed by atoms with Crippen molar-refractivity contribution in [3.8, 4) is 0 Å². The van der Waals surface area contributed by atoms with Crippen molar-refractivity contribution in [2.75, 3.05) is 12.0 Å². The Balaban J connectivity index is 1.91. The molecule has 0 fully saturated rings. The number of carbonyl (C=O) groups is 2. The van der Waals surface area contributed by atoms with Gasteiger partial charge in [-0.1, -0.05) is 35.9 Å². The number of ether oxygens (including phenoxy) is 1. The fourth-order valence-electron chi connectivity index (χ4n) is 4.94. The molecule has 0 unspecified atom stereocenters. The maximum atomic E-state index is 13.5. The lowest BCUT2D eigenvalue weighted by Gasteiger charge is -2.42. The largest absolute Gasteiger partial charge is 0.465 e. The molecule has 6 nitrogen and oxygen atoms in total. The molecular weight excluding hydrogens is 554 g/mol. The summed E-state index contributed by atoms with van der Waals surface area (Å²) in [5, 5.41) is 11.2. The van der Waals surface area contributed by atoms with E-state index in [1.165, 1.54) is 6.07 Å². The highest BCUT2D eigenvalue weighted by molar-refractivity contribution is 6.36. The summed E-state index contributed by atoms with van der Waals surface area (Å²) >= 11 is 6.49. The van der Waals surface area contributed by atoms with Crippen LogP contribution in [0.5, 0.6) is 0 Å². The standard InChI is InChI=1S/C26H21ClF6N2O4/c1-13-7-21(19-11-20(27)17-5-3-4-6-18(17)22(19)35(13)23(36)37)34(24(38)39-2)12-14-8-15(25(28,29)30)10-16(9-14)26(31,32)33/h3-6,8-11,13,21H,7,12H2,1-2H3,(H,36,37)/t13-,21+/m0/s1. The summed E-state index contributed by atoms with van der Waals surface area (Å²) in [6, 6.07) is 7.46. The first-order chi connectivity index (χ1) is 18.1. The van der Waals surface area contributed by atoms with Crippen molar-refractivity contribution in [2.24, 2.45) is 0 Å². The summed E-state index contributed by atoms with van der Waals surface area (Å²) in [7, 11) is 1.02. The molecule has 1 aliphatic heterocycles. The smallest absolute Gasteiger partial charge is 0.416 e. The number of alkyl halides is 6. The van der Waals surface area contributed by atoms with Crippen LogP contribution in [0.4, 0.5) is 41.6 Å². The van der Waals surface area contributed by atoms with Crippen molar-refractivity contribution in [2.45, 2.75) is 44.3 Å². The van der Waals surface area contributed by atoms with E-state index in [0.717, 1.165) is 16.9 Å². The van der Waals surface area contributed by atoms with Crippen molar-refractivity contribution in [3.05, 3.63) is 75.8 Å². The van der Waals surface area contributed by atoms with Crippen LogP contribution >= 0.6 is 11.6 Å². The Bertz CT molecular complexity index is 1410. The Morgan fingerprint density at radius 2 is 1.59 bits per heavy atom. The number of hydrogen-bond donors (Lipinski definition) is 1. The van der Waals surface area contributed by atoms with Gasteiger partial charge in [0.05, 0.1) is 30.0 Å². The molecule has 3 aromatic carbocycles. The van der Waals surface area contributed by atoms with E-state index in [2.05, 4.69) is 0 Å². The first kappa shape index (κ1) is 28.3. The minimum absolute atomic E-state index is 0.000608. The van der Waals surface area contributed by atoms with Gasteiger partial charge in [0.25, 0.3) is 0 Å². The average Bonchev–Trinajstić information content (AvgIpc) is 2.85. The Hall–Kier alpha value is -3.67. The molecule has 39 heavy (non-hydrogen) atoms. The zero-order valence-corrected chi connectivity index (χ0v) is 21.2. The number of fused-ring (bicyclic) bond motifs is 3. The molecule has 0 aromatic heterocycles. The number of carboxylic acid groups (broad SMARTS) is 1. The van der Waals surface area contributed by atoms with E-state index >= 15 is 0 Å². The first-order valence-electron chi connectivity index (χ1n) is 11.5. The van der Waals surface area contributed by atoms with Crippen LogP contribution in [0.15, 0.2) is 48.5 Å². The van der Waals surface area contributed by atoms with Crippen LogP contribution in [0.25, 0.3) is 10.8 Å². The van der Waals surface area contributed by atoms with Crippen LogP contribution in [0.1, 0.15) is 41.6 Å². The third-order valence-corrected chi connectivity index (χ3v) is 6.90. The van der Waals surface area contributed by atoms with Crippen LogP contribution < -0.4 is 4.90 Å². The fourth-order valence-corrected chi connectivity index (χ4v) is 5.22. The van der Waals surface area contributed by atoms with Gasteiger partial charge in [-0.3, -0.25) is 9.80 Å². The summed E-state index contributed by atoms with van der Waals surface area (Å²) in [6.07, 6.45) is -12.5. The lowest BCUT2D eigenvalue weighted by Crippen LogP contribution is -2.47. The van der Waals surface area contributed by atoms with Gasteiger partial charge in [0.15, 0.2) is 0 Å². The third kappa shape index (κ3) is 5.42. The predicted molar refractivity (Wildman–Crippen MR) is 131 cm³/mol. The lowest BCUT2D eigenvalue weighted by atomic mass is 9.88. The van der Waals surface area contributed by atoms with Crippen LogP contribution in [0.2, 0.25) is 5.02 Å². The molecule has 0 radical (unpaired) electrons. The number of methoxy groups -OCH3 is 1. The van der Waals surface area contributed by atoms with Crippen molar-refractivity contribution in [3.63, 3.8) is 0 Å². The van der Waals surface area contributed by atoms with Crippen LogP contribution in [-0.2, 0) is 23.6 Å². The summed E-state index contributed by atoms with van der Waals surface area (Å²) in [5.41, 5.74) is -3.03. The molecular formula is C26H21ClF6N2O4. The van der Waals surface area contributed by atoms with Gasteiger partial charge in [0.2, 0.25) is 0 Å². The van der Waals surface area contributed by atoms with Gasteiger partial charge in [0.1, 0.15) is 0 Å². The molecule has 1 aliphatic rings. The summed E-state index contributed by atoms with van der Waals surface area (Å²) in [4.78, 5) is 27.3. The number of hydrogen-bond acceptors (Lipinski definition) is 3. The zero-order valence-electron chi connectivity index (χ0n) is 20.4. The van der Waals surface area contributed by atoms with E-state index < -0.39 is 59.9 Å². The highest BCUT2D eigenvalue weighted by Crippen LogP contribution is 2.47. The van der Waals surface area contributed by atoms with Crippen molar-refractivity contribution >= 4 is 40.2 Å². The molecule has 2 amide bonds. The van der Waals surface area contributed by atoms with Gasteiger partial charge >= 0.3 is 24.5 Å². The molecule has 3 aromatic rings. The molecule has 4 rings (SSSR count). The van der Waals surface area contributed by atoms with Gasteiger partial charge in [0, 0.05) is 33.9 Å². The Kier molecular flexibility index (Phi) is 7.37. The second-order valence-electron chi connectivity index (χ2n) is 9.11. The maximum Gasteiger partial charge on any atom is 0.416 e. The van der Waals surface area contributed by atoms with E-state index in [9.17, 15) is 41.0 Å². The highest BCUT2D eigenvalue weighted by atomic mass is 35.5. The molecule has 0 aliphatic carbocycles. The second kappa shape index (κ2) is 10.1. The van der Waals surface area contributed by atoms with Gasteiger partial charge in [-0.05, 0) is 43.2 Å². The highest BCUT2D eigenvalue weighted by Gasteiger charge is 2.41. The van der Waals surface area contributed by atoms with Crippen LogP contribution in [0.3, 0.4) is 0 Å². The van der Waals surface area contributed by atoms with E-state index in [1.807, 2.05) is 0 Å². The number of nitrogens with zero attached hydrogens (tertiary/aromatic N) is 2. The van der Waals surface area contributed by atoms with E-state index in [4.69, 9.17) is 16.3 Å². The van der Waals surface area contributed by atoms with Crippen LogP contribution in [0, 0.1) is 0 Å². The average molecular weight is 575 g/mol. The molecule has 2 atom stereocenters. The van der Waals surface area contributed by atoms with Gasteiger partial charge < -0.3 is 9.84 Å². The molecule has 13 heteroatoms. The number of amides is 2. The number of benzene rings is 3. The monoisotopic (exact) mass is 574 g/mol. The van der Waals surface area contributed by atoms with Crippen molar-refractivity contribution in [1.29, 1.82) is 0 Å². The summed E-state index contributed by atoms with van der Waals surface area (Å²) < 4.78 is 85.6. The molecule has 0 bridgehead atoms. The van der Waals surface area contributed by atoms with Gasteiger partial charge in [-0.2, -0.15) is 26.3 Å². The minimum Gasteiger partial charge on any atom is -0.465 e. The number of anilines is 1. The van der Waals surface area contributed by atoms with Crippen LogP contribution in [-0.4, -0.2) is 35.3 Å². The normalized spacial score (nSPS) is 17.6. The summed E-state index contributed by atoms with van der Waals surface area (Å²) in [6.45, 7) is 0.892. The fraction of sp³-hybridized carbons (Fsp3) is 0.308. The molecule has 0 spiro atoms. The summed E-state index contributed by atoms with van der Waals surface area (Å²) in [5.74, 6) is 0. The number of carbonyl (C=O) groups excluding carboxylic acids is 1. The van der Waals surface area contributed by atoms with Gasteiger partial charge in [-0.25, -0.2) is 9.59 Å². The second-order valence-corrected chi connectivity index (χ2v) is 9.51. The Labute approximate surface area is 223 Å². The topological polar surface area (TPSA) is 70.1 Å². The Morgan fingerprint density at radius 1 is 1.03 bits per heavy atom. The molecule has 0 saturated heterocycles. The van der Waals surface area contributed by atoms with E-state index in [-0.39, 0.29) is 28.8 Å². The van der Waals surface area contributed by atoms with Crippen molar-refractivity contribution in [1.82, 2.24) is 4.90 Å². The number of halogens is 7. The number of rotatable bonds is 3. The quantitative estimate of drug-likeness (QED) is 0.321. The van der Waals surface area contributed by atoms with E-state index in [0.29, 0.717) is 22.9 Å². The lowest BCUT2D eigenvalue weighted by molar-refractivity contribution is -0.143. The first-order valence-corrected chi connectivity index (χ1v) is 11.9. The molecule has 1 heterocycles. The van der Waals surface area contributed by atoms with Gasteiger partial charge in [-0.15, -0.1) is 0 Å². The van der Waals surface area contributed by atoms with E-state index in [1.54, 1.807) is 31.2 Å². The maximum absolute atomic E-state index is 13.5. The molecule has 208 valence electrons. The zero-order chi connectivity index (χ0) is 28.9. The SMILES string of the molecule is COC(=O)N(Cc1cc(C(F)(F)F)cc(C(F)(F)F)c1)[C@@H]1C[C@H](C)N(C(=O)O)c2c1cc(Cl)c1ccccc21.